The van der Waals surface area contributed by atoms with Gasteiger partial charge in [-0.3, -0.25) is 9.59 Å². The summed E-state index contributed by atoms with van der Waals surface area (Å²) in [6, 6.07) is 8.46. The molecule has 7 atom stereocenters. The summed E-state index contributed by atoms with van der Waals surface area (Å²) in [7, 11) is 1.98. The smallest absolute Gasteiger partial charge is 0.251 e. The molecule has 3 fully saturated rings. The van der Waals surface area contributed by atoms with E-state index in [1.165, 1.54) is 19.3 Å². The van der Waals surface area contributed by atoms with Crippen LogP contribution in [0.25, 0.3) is 0 Å². The van der Waals surface area contributed by atoms with Gasteiger partial charge in [0.2, 0.25) is 5.91 Å². The molecule has 2 amide bonds. The van der Waals surface area contributed by atoms with Crippen LogP contribution in [0.15, 0.2) is 36.4 Å². The second kappa shape index (κ2) is 7.21. The highest BCUT2D eigenvalue weighted by molar-refractivity contribution is 5.95. The maximum absolute atomic E-state index is 13.1. The zero-order valence-electron chi connectivity index (χ0n) is 19.4. The van der Waals surface area contributed by atoms with Crippen molar-refractivity contribution in [2.75, 3.05) is 7.05 Å². The first-order valence-electron chi connectivity index (χ1n) is 12.1. The summed E-state index contributed by atoms with van der Waals surface area (Å²) in [5.41, 5.74) is 2.09. The van der Waals surface area contributed by atoms with Crippen LogP contribution in [-0.2, 0) is 4.79 Å². The zero-order valence-corrected chi connectivity index (χ0v) is 19.4. The van der Waals surface area contributed by atoms with E-state index in [4.69, 9.17) is 0 Å². The Morgan fingerprint density at radius 3 is 2.61 bits per heavy atom. The summed E-state index contributed by atoms with van der Waals surface area (Å²) < 4.78 is 0. The van der Waals surface area contributed by atoms with Gasteiger partial charge in [-0.2, -0.15) is 0 Å². The molecule has 0 spiro atoms. The average Bonchev–Trinajstić information content (AvgIpc) is 3.07. The first-order valence-corrected chi connectivity index (χ1v) is 12.1. The van der Waals surface area contributed by atoms with Crippen molar-refractivity contribution in [2.45, 2.75) is 71.4 Å². The van der Waals surface area contributed by atoms with Crippen molar-refractivity contribution < 1.29 is 9.59 Å². The van der Waals surface area contributed by atoms with E-state index in [1.54, 1.807) is 0 Å². The number of fused-ring (bicyclic) bond motifs is 5. The van der Waals surface area contributed by atoms with Crippen LogP contribution in [0.2, 0.25) is 0 Å². The first kappa shape index (κ1) is 20.8. The van der Waals surface area contributed by atoms with Crippen LogP contribution in [0.3, 0.4) is 0 Å². The van der Waals surface area contributed by atoms with Crippen molar-refractivity contribution in [1.82, 2.24) is 10.2 Å². The highest BCUT2D eigenvalue weighted by Crippen LogP contribution is 2.63. The highest BCUT2D eigenvalue weighted by atomic mass is 16.2. The van der Waals surface area contributed by atoms with E-state index < -0.39 is 0 Å². The molecule has 4 heteroatoms. The molecular weight excluding hydrogens is 384 g/mol. The fourth-order valence-electron chi connectivity index (χ4n) is 8.04. The van der Waals surface area contributed by atoms with Crippen molar-refractivity contribution in [1.29, 1.82) is 0 Å². The van der Waals surface area contributed by atoms with Crippen molar-refractivity contribution >= 4 is 11.8 Å². The predicted molar refractivity (Wildman–Crippen MR) is 123 cm³/mol. The van der Waals surface area contributed by atoms with E-state index in [0.29, 0.717) is 23.8 Å². The van der Waals surface area contributed by atoms with Gasteiger partial charge >= 0.3 is 0 Å². The average molecular weight is 421 g/mol. The van der Waals surface area contributed by atoms with Crippen LogP contribution in [0.5, 0.6) is 0 Å². The third-order valence-electron chi connectivity index (χ3n) is 9.82. The van der Waals surface area contributed by atoms with Crippen LogP contribution in [0, 0.1) is 35.5 Å². The van der Waals surface area contributed by atoms with Gasteiger partial charge in [0.1, 0.15) is 0 Å². The second-order valence-electron chi connectivity index (χ2n) is 11.1. The Morgan fingerprint density at radius 2 is 1.84 bits per heavy atom. The SMILES string of the molecule is Cc1ccccc1C(=O)NC1CC[C@H]2[C@@H]3CCC4N(C)C(=O)C=C[C@]4(C)[C@@H]3CC[C@]12C. The van der Waals surface area contributed by atoms with E-state index in [2.05, 4.69) is 25.2 Å². The normalized spacial score (nSPS) is 41.4. The van der Waals surface area contributed by atoms with Crippen molar-refractivity contribution in [3.63, 3.8) is 0 Å². The van der Waals surface area contributed by atoms with Crippen LogP contribution in [0.4, 0.5) is 0 Å². The van der Waals surface area contributed by atoms with Gasteiger partial charge < -0.3 is 10.2 Å². The number of benzene rings is 1. The van der Waals surface area contributed by atoms with E-state index in [-0.39, 0.29) is 28.7 Å². The monoisotopic (exact) mass is 420 g/mol. The molecule has 0 bridgehead atoms. The Morgan fingerprint density at radius 1 is 1.06 bits per heavy atom. The lowest BCUT2D eigenvalue weighted by molar-refractivity contribution is -0.138. The third-order valence-corrected chi connectivity index (χ3v) is 9.82. The number of aryl methyl sites for hydroxylation is 1. The van der Waals surface area contributed by atoms with Crippen LogP contribution < -0.4 is 5.32 Å². The van der Waals surface area contributed by atoms with Gasteiger partial charge in [-0.05, 0) is 86.3 Å². The van der Waals surface area contributed by atoms with Crippen LogP contribution >= 0.6 is 0 Å². The van der Waals surface area contributed by atoms with Crippen molar-refractivity contribution in [3.8, 4) is 0 Å². The van der Waals surface area contributed by atoms with Crippen LogP contribution in [-0.4, -0.2) is 35.8 Å². The highest BCUT2D eigenvalue weighted by Gasteiger charge is 2.60. The summed E-state index contributed by atoms with van der Waals surface area (Å²) in [5.74, 6) is 2.20. The Balaban J connectivity index is 1.37. The lowest BCUT2D eigenvalue weighted by Gasteiger charge is -2.60. The molecule has 1 aliphatic heterocycles. The molecule has 1 aromatic rings. The van der Waals surface area contributed by atoms with Gasteiger partial charge in [0, 0.05) is 30.1 Å². The molecule has 1 N–H and O–H groups in total. The number of hydrogen-bond donors (Lipinski definition) is 1. The largest absolute Gasteiger partial charge is 0.349 e. The summed E-state index contributed by atoms with van der Waals surface area (Å²) in [6.07, 6.45) is 11.0. The van der Waals surface area contributed by atoms with Gasteiger partial charge in [-0.1, -0.05) is 38.1 Å². The standard InChI is InChI=1S/C27H36N2O2/c1-17-7-5-6-8-18(17)25(31)28-22-11-10-20-19-9-12-23-27(3,16-14-24(30)29(23)4)21(19)13-15-26(20,22)2/h5-8,14,16,19-23H,9-13,15H2,1-4H3,(H,28,31)/t19-,20-,21+,22?,23?,26-,27+/m0/s1. The Bertz CT molecular complexity index is 939. The summed E-state index contributed by atoms with van der Waals surface area (Å²) in [6.45, 7) is 6.84. The van der Waals surface area contributed by atoms with E-state index >= 15 is 0 Å². The van der Waals surface area contributed by atoms with E-state index in [1.807, 2.05) is 49.2 Å². The maximum atomic E-state index is 13.1. The number of nitrogens with zero attached hydrogens (tertiary/aromatic N) is 1. The number of likely N-dealkylation sites (N-methyl/N-ethyl adjacent to an activating group) is 1. The molecule has 5 rings (SSSR count). The Hall–Kier alpha value is -2.10. The molecule has 3 aliphatic carbocycles. The molecule has 166 valence electrons. The fraction of sp³-hybridized carbons (Fsp3) is 0.630. The third kappa shape index (κ3) is 3.01. The molecule has 4 aliphatic rings. The fourth-order valence-corrected chi connectivity index (χ4v) is 8.04. The first-order chi connectivity index (χ1) is 14.8. The molecule has 4 nitrogen and oxygen atoms in total. The lowest BCUT2D eigenvalue weighted by Crippen LogP contribution is -2.60. The lowest BCUT2D eigenvalue weighted by atomic mass is 9.48. The molecule has 2 unspecified atom stereocenters. The van der Waals surface area contributed by atoms with Crippen molar-refractivity contribution in [3.05, 3.63) is 47.5 Å². The van der Waals surface area contributed by atoms with Crippen molar-refractivity contribution in [2.24, 2.45) is 28.6 Å². The molecular formula is C27H36N2O2. The number of hydrogen-bond acceptors (Lipinski definition) is 2. The number of nitrogens with one attached hydrogen (secondary N) is 1. The number of carbonyl (C=O) groups excluding carboxylic acids is 2. The zero-order chi connectivity index (χ0) is 22.0. The Kier molecular flexibility index (Phi) is 4.84. The quantitative estimate of drug-likeness (QED) is 0.752. The Labute approximate surface area is 186 Å². The second-order valence-corrected chi connectivity index (χ2v) is 11.1. The minimum atomic E-state index is 0.0788. The number of rotatable bonds is 2. The molecule has 0 aromatic heterocycles. The van der Waals surface area contributed by atoms with Gasteiger partial charge in [0.05, 0.1) is 0 Å². The molecule has 0 radical (unpaired) electrons. The maximum Gasteiger partial charge on any atom is 0.251 e. The van der Waals surface area contributed by atoms with Gasteiger partial charge in [-0.25, -0.2) is 0 Å². The van der Waals surface area contributed by atoms with Gasteiger partial charge in [0.25, 0.3) is 5.91 Å². The predicted octanol–water partition coefficient (Wildman–Crippen LogP) is 4.73. The summed E-state index contributed by atoms with van der Waals surface area (Å²) >= 11 is 0. The van der Waals surface area contributed by atoms with Gasteiger partial charge in [-0.15, -0.1) is 0 Å². The minimum Gasteiger partial charge on any atom is -0.349 e. The van der Waals surface area contributed by atoms with Gasteiger partial charge in [0.15, 0.2) is 0 Å². The number of amides is 2. The summed E-state index contributed by atoms with van der Waals surface area (Å²) in [5, 5.41) is 3.44. The molecule has 31 heavy (non-hydrogen) atoms. The molecule has 0 saturated heterocycles. The topological polar surface area (TPSA) is 49.4 Å². The van der Waals surface area contributed by atoms with E-state index in [9.17, 15) is 9.59 Å². The number of carbonyl (C=O) groups is 2. The van der Waals surface area contributed by atoms with E-state index in [0.717, 1.165) is 30.4 Å². The molecule has 1 aromatic carbocycles. The summed E-state index contributed by atoms with van der Waals surface area (Å²) in [4.78, 5) is 27.3. The molecule has 1 heterocycles. The van der Waals surface area contributed by atoms with Crippen LogP contribution in [0.1, 0.15) is 68.3 Å². The molecule has 3 saturated carbocycles. The minimum absolute atomic E-state index is 0.0788.